The summed E-state index contributed by atoms with van der Waals surface area (Å²) in [6, 6.07) is 4.92. The van der Waals surface area contributed by atoms with E-state index in [2.05, 4.69) is 15.3 Å². The first kappa shape index (κ1) is 13.1. The molecular weight excluding hydrogens is 246 g/mol. The Hall–Kier alpha value is -2.37. The van der Waals surface area contributed by atoms with Gasteiger partial charge in [-0.2, -0.15) is 4.98 Å². The minimum Gasteiger partial charge on any atom is -0.463 e. The lowest BCUT2D eigenvalue weighted by Gasteiger charge is -2.10. The van der Waals surface area contributed by atoms with Crippen LogP contribution in [0.1, 0.15) is 30.8 Å². The average molecular weight is 261 g/mol. The lowest BCUT2D eigenvalue weighted by Crippen LogP contribution is -2.33. The van der Waals surface area contributed by atoms with E-state index in [1.807, 2.05) is 13.8 Å². The van der Waals surface area contributed by atoms with Gasteiger partial charge in [-0.05, 0) is 31.5 Å². The fourth-order valence-electron chi connectivity index (χ4n) is 1.54. The number of carbonyl (C=O) groups excluding carboxylic acids is 1. The van der Waals surface area contributed by atoms with E-state index in [9.17, 15) is 9.59 Å². The summed E-state index contributed by atoms with van der Waals surface area (Å²) >= 11 is 0. The number of aromatic nitrogens is 2. The maximum absolute atomic E-state index is 11.9. The third-order valence-corrected chi connectivity index (χ3v) is 2.75. The largest absolute Gasteiger partial charge is 0.463 e. The molecule has 0 aliphatic rings. The second kappa shape index (κ2) is 5.51. The Bertz CT molecular complexity index is 616. The van der Waals surface area contributed by atoms with Crippen LogP contribution >= 0.6 is 0 Å². The Labute approximate surface area is 109 Å². The summed E-state index contributed by atoms with van der Waals surface area (Å²) in [6.45, 7) is 3.85. The molecule has 2 N–H and O–H groups in total. The summed E-state index contributed by atoms with van der Waals surface area (Å²) < 4.78 is 5.18. The molecular formula is C13H15N3O3. The fourth-order valence-corrected chi connectivity index (χ4v) is 1.54. The summed E-state index contributed by atoms with van der Waals surface area (Å²) in [5.74, 6) is 0.116. The van der Waals surface area contributed by atoms with E-state index >= 15 is 0 Å². The molecule has 0 aliphatic heterocycles. The lowest BCUT2D eigenvalue weighted by molar-refractivity contribution is 0.0934. The summed E-state index contributed by atoms with van der Waals surface area (Å²) in [5.41, 5.74) is -0.0713. The zero-order chi connectivity index (χ0) is 13.8. The minimum atomic E-state index is -0.580. The van der Waals surface area contributed by atoms with E-state index in [1.165, 1.54) is 12.3 Å². The van der Waals surface area contributed by atoms with Crippen LogP contribution in [0.4, 0.5) is 0 Å². The lowest BCUT2D eigenvalue weighted by atomic mass is 10.2. The molecule has 0 bridgehead atoms. The van der Waals surface area contributed by atoms with Gasteiger partial charge in [-0.1, -0.05) is 6.92 Å². The van der Waals surface area contributed by atoms with Gasteiger partial charge in [0.25, 0.3) is 5.91 Å². The maximum Gasteiger partial charge on any atom is 0.346 e. The van der Waals surface area contributed by atoms with Gasteiger partial charge in [-0.3, -0.25) is 4.79 Å². The van der Waals surface area contributed by atoms with E-state index in [1.54, 1.807) is 12.1 Å². The molecule has 0 saturated heterocycles. The van der Waals surface area contributed by atoms with Crippen molar-refractivity contribution in [1.29, 1.82) is 0 Å². The number of H-pyrrole nitrogens is 1. The van der Waals surface area contributed by atoms with Crippen LogP contribution in [-0.4, -0.2) is 21.9 Å². The smallest absolute Gasteiger partial charge is 0.346 e. The highest BCUT2D eigenvalue weighted by atomic mass is 16.3. The first-order chi connectivity index (χ1) is 9.10. The molecule has 100 valence electrons. The Balaban J connectivity index is 2.32. The number of nitrogens with one attached hydrogen (secondary N) is 2. The van der Waals surface area contributed by atoms with Gasteiger partial charge in [-0.25, -0.2) is 4.79 Å². The third-order valence-electron chi connectivity index (χ3n) is 2.75. The topological polar surface area (TPSA) is 88.0 Å². The number of aromatic amines is 1. The maximum atomic E-state index is 11.9. The first-order valence-electron chi connectivity index (χ1n) is 6.06. The van der Waals surface area contributed by atoms with Crippen molar-refractivity contribution in [2.45, 2.75) is 26.3 Å². The van der Waals surface area contributed by atoms with Gasteiger partial charge in [0.15, 0.2) is 0 Å². The molecule has 2 rings (SSSR count). The molecule has 2 aromatic rings. The van der Waals surface area contributed by atoms with Crippen molar-refractivity contribution in [2.24, 2.45) is 0 Å². The summed E-state index contributed by atoms with van der Waals surface area (Å²) in [5, 5.41) is 2.76. The van der Waals surface area contributed by atoms with Crippen LogP contribution in [-0.2, 0) is 0 Å². The van der Waals surface area contributed by atoms with Crippen LogP contribution in [0.2, 0.25) is 0 Å². The highest BCUT2D eigenvalue weighted by Crippen LogP contribution is 2.16. The summed E-state index contributed by atoms with van der Waals surface area (Å²) in [6.07, 6.45) is 2.30. The number of hydrogen-bond donors (Lipinski definition) is 2. The molecule has 1 amide bonds. The average Bonchev–Trinajstić information content (AvgIpc) is 2.91. The van der Waals surface area contributed by atoms with E-state index in [-0.39, 0.29) is 17.6 Å². The van der Waals surface area contributed by atoms with Crippen LogP contribution in [0.15, 0.2) is 33.7 Å². The highest BCUT2D eigenvalue weighted by Gasteiger charge is 2.13. The molecule has 0 aromatic carbocycles. The SMILES string of the molecule is CCC(C)NC(=O)c1cc(-c2ccco2)[nH]c(=O)n1. The molecule has 2 aromatic heterocycles. The molecule has 0 fully saturated rings. The predicted molar refractivity (Wildman–Crippen MR) is 69.8 cm³/mol. The first-order valence-corrected chi connectivity index (χ1v) is 6.06. The fraction of sp³-hybridized carbons (Fsp3) is 0.308. The zero-order valence-corrected chi connectivity index (χ0v) is 10.8. The Kier molecular flexibility index (Phi) is 3.79. The van der Waals surface area contributed by atoms with Gasteiger partial charge >= 0.3 is 5.69 Å². The standard InChI is InChI=1S/C13H15N3O3/c1-3-8(2)14-12(17)10-7-9(15-13(18)16-10)11-5-4-6-19-11/h4-8H,3H2,1-2H3,(H,14,17)(H,15,16,18). The molecule has 6 heteroatoms. The number of carbonyl (C=O) groups is 1. The molecule has 0 saturated carbocycles. The molecule has 1 unspecified atom stereocenters. The Morgan fingerprint density at radius 2 is 2.37 bits per heavy atom. The molecule has 19 heavy (non-hydrogen) atoms. The normalized spacial score (nSPS) is 12.1. The van der Waals surface area contributed by atoms with Gasteiger partial charge in [0, 0.05) is 6.04 Å². The quantitative estimate of drug-likeness (QED) is 0.874. The monoisotopic (exact) mass is 261 g/mol. The van der Waals surface area contributed by atoms with Crippen LogP contribution in [0.5, 0.6) is 0 Å². The molecule has 1 atom stereocenters. The van der Waals surface area contributed by atoms with Crippen LogP contribution < -0.4 is 11.0 Å². The van der Waals surface area contributed by atoms with Gasteiger partial charge < -0.3 is 14.7 Å². The number of rotatable bonds is 4. The zero-order valence-electron chi connectivity index (χ0n) is 10.8. The second-order valence-corrected chi connectivity index (χ2v) is 4.25. The van der Waals surface area contributed by atoms with Gasteiger partial charge in [-0.15, -0.1) is 0 Å². The van der Waals surface area contributed by atoms with Crippen molar-refractivity contribution < 1.29 is 9.21 Å². The van der Waals surface area contributed by atoms with Crippen molar-refractivity contribution in [3.8, 4) is 11.5 Å². The van der Waals surface area contributed by atoms with E-state index < -0.39 is 5.69 Å². The van der Waals surface area contributed by atoms with Crippen LogP contribution in [0.25, 0.3) is 11.5 Å². The predicted octanol–water partition coefficient (Wildman–Crippen LogP) is 1.56. The number of furan rings is 1. The second-order valence-electron chi connectivity index (χ2n) is 4.25. The molecule has 0 radical (unpaired) electrons. The van der Waals surface area contributed by atoms with Crippen molar-refractivity contribution >= 4 is 5.91 Å². The third kappa shape index (κ3) is 3.09. The van der Waals surface area contributed by atoms with Gasteiger partial charge in [0.2, 0.25) is 0 Å². The number of hydrogen-bond acceptors (Lipinski definition) is 4. The van der Waals surface area contributed by atoms with Crippen molar-refractivity contribution in [1.82, 2.24) is 15.3 Å². The number of amides is 1. The molecule has 6 nitrogen and oxygen atoms in total. The van der Waals surface area contributed by atoms with Crippen LogP contribution in [0, 0.1) is 0 Å². The van der Waals surface area contributed by atoms with Crippen molar-refractivity contribution in [2.75, 3.05) is 0 Å². The molecule has 2 heterocycles. The molecule has 0 aliphatic carbocycles. The highest BCUT2D eigenvalue weighted by molar-refractivity contribution is 5.93. The summed E-state index contributed by atoms with van der Waals surface area (Å²) in [4.78, 5) is 29.6. The van der Waals surface area contributed by atoms with E-state index in [0.29, 0.717) is 11.5 Å². The number of nitrogens with zero attached hydrogens (tertiary/aromatic N) is 1. The van der Waals surface area contributed by atoms with Gasteiger partial charge in [0.05, 0.1) is 12.0 Å². The van der Waals surface area contributed by atoms with E-state index in [0.717, 1.165) is 6.42 Å². The van der Waals surface area contributed by atoms with Gasteiger partial charge in [0.1, 0.15) is 11.5 Å². The van der Waals surface area contributed by atoms with Crippen molar-refractivity contribution in [3.05, 3.63) is 40.6 Å². The minimum absolute atomic E-state index is 0.0284. The summed E-state index contributed by atoms with van der Waals surface area (Å²) in [7, 11) is 0. The van der Waals surface area contributed by atoms with E-state index in [4.69, 9.17) is 4.42 Å². The van der Waals surface area contributed by atoms with Crippen molar-refractivity contribution in [3.63, 3.8) is 0 Å². The van der Waals surface area contributed by atoms with Crippen LogP contribution in [0.3, 0.4) is 0 Å². The Morgan fingerprint density at radius 1 is 1.58 bits per heavy atom. The molecule has 0 spiro atoms. The Morgan fingerprint density at radius 3 is 3.00 bits per heavy atom.